The Labute approximate surface area is 126 Å². The van der Waals surface area contributed by atoms with Gasteiger partial charge in [0.15, 0.2) is 11.5 Å². The summed E-state index contributed by atoms with van der Waals surface area (Å²) in [6, 6.07) is 5.29. The molecule has 0 heterocycles. The van der Waals surface area contributed by atoms with E-state index in [0.717, 1.165) is 24.3 Å². The van der Waals surface area contributed by atoms with E-state index >= 15 is 0 Å². The van der Waals surface area contributed by atoms with Gasteiger partial charge in [0, 0.05) is 12.1 Å². The van der Waals surface area contributed by atoms with Gasteiger partial charge in [0.05, 0.1) is 22.6 Å². The number of methoxy groups -OCH3 is 1. The van der Waals surface area contributed by atoms with Crippen molar-refractivity contribution in [3.8, 4) is 17.2 Å². The lowest BCUT2D eigenvalue weighted by molar-refractivity contribution is -0.385. The zero-order chi connectivity index (χ0) is 15.6. The fourth-order valence-electron chi connectivity index (χ4n) is 1.59. The fourth-order valence-corrected chi connectivity index (χ4v) is 1.91. The summed E-state index contributed by atoms with van der Waals surface area (Å²) < 4.78 is 36.8. The molecule has 0 fully saturated rings. The maximum Gasteiger partial charge on any atom is 0.314 e. The number of nitro benzene ring substituents is 1. The Balaban J connectivity index is 2.48. The minimum Gasteiger partial charge on any atom is -0.493 e. The second kappa shape index (κ2) is 6.04. The van der Waals surface area contributed by atoms with E-state index in [1.165, 1.54) is 13.2 Å². The minimum absolute atomic E-state index is 0.00387. The van der Waals surface area contributed by atoms with Gasteiger partial charge in [0.1, 0.15) is 11.6 Å². The molecule has 0 amide bonds. The Kier molecular flexibility index (Phi) is 4.37. The predicted molar refractivity (Wildman–Crippen MR) is 73.8 cm³/mol. The molecular weight excluding hydrogens is 352 g/mol. The van der Waals surface area contributed by atoms with Crippen molar-refractivity contribution in [3.63, 3.8) is 0 Å². The van der Waals surface area contributed by atoms with Crippen molar-refractivity contribution in [2.75, 3.05) is 7.11 Å². The molecule has 0 aliphatic heterocycles. The van der Waals surface area contributed by atoms with Gasteiger partial charge in [-0.25, -0.2) is 8.78 Å². The molecule has 0 saturated heterocycles. The smallest absolute Gasteiger partial charge is 0.314 e. The Bertz CT molecular complexity index is 709. The number of nitrogens with zero attached hydrogens (tertiary/aromatic N) is 1. The molecule has 0 N–H and O–H groups in total. The van der Waals surface area contributed by atoms with E-state index in [9.17, 15) is 18.9 Å². The van der Waals surface area contributed by atoms with Gasteiger partial charge in [-0.1, -0.05) is 0 Å². The van der Waals surface area contributed by atoms with E-state index in [-0.39, 0.29) is 21.7 Å². The summed E-state index contributed by atoms with van der Waals surface area (Å²) in [4.78, 5) is 10.2. The van der Waals surface area contributed by atoms with Crippen molar-refractivity contribution in [1.82, 2.24) is 0 Å². The molecule has 2 rings (SSSR count). The molecule has 0 aliphatic carbocycles. The minimum atomic E-state index is -0.792. The molecular formula is C13H8BrF2NO4. The SMILES string of the molecule is COc1cc(F)ccc1Oc1cc(Br)c(F)cc1[N+](=O)[O-]. The normalized spacial score (nSPS) is 10.3. The van der Waals surface area contributed by atoms with Gasteiger partial charge in [-0.15, -0.1) is 0 Å². The van der Waals surface area contributed by atoms with Crippen LogP contribution >= 0.6 is 15.9 Å². The first-order valence-corrected chi connectivity index (χ1v) is 6.36. The second-order valence-electron chi connectivity index (χ2n) is 3.89. The van der Waals surface area contributed by atoms with Gasteiger partial charge in [-0.2, -0.15) is 0 Å². The van der Waals surface area contributed by atoms with Gasteiger partial charge in [0.25, 0.3) is 0 Å². The third-order valence-electron chi connectivity index (χ3n) is 2.54. The van der Waals surface area contributed by atoms with Crippen molar-refractivity contribution in [2.24, 2.45) is 0 Å². The van der Waals surface area contributed by atoms with Crippen molar-refractivity contribution in [2.45, 2.75) is 0 Å². The molecule has 0 bridgehead atoms. The quantitative estimate of drug-likeness (QED) is 0.598. The van der Waals surface area contributed by atoms with Crippen molar-refractivity contribution >= 4 is 21.6 Å². The number of hydrogen-bond donors (Lipinski definition) is 0. The van der Waals surface area contributed by atoms with Crippen molar-refractivity contribution < 1.29 is 23.2 Å². The molecule has 0 aliphatic rings. The van der Waals surface area contributed by atoms with E-state index in [1.54, 1.807) is 0 Å². The summed E-state index contributed by atoms with van der Waals surface area (Å²) in [5.74, 6) is -1.41. The Morgan fingerprint density at radius 1 is 1.14 bits per heavy atom. The van der Waals surface area contributed by atoms with Crippen LogP contribution in [0.2, 0.25) is 0 Å². The lowest BCUT2D eigenvalue weighted by Gasteiger charge is -2.11. The van der Waals surface area contributed by atoms with Crippen LogP contribution in [-0.2, 0) is 0 Å². The molecule has 8 heteroatoms. The molecule has 2 aromatic rings. The number of rotatable bonds is 4. The zero-order valence-electron chi connectivity index (χ0n) is 10.6. The van der Waals surface area contributed by atoms with Crippen LogP contribution in [0.5, 0.6) is 17.2 Å². The average Bonchev–Trinajstić information content (AvgIpc) is 2.44. The summed E-state index contributed by atoms with van der Waals surface area (Å²) in [5, 5.41) is 10.9. The van der Waals surface area contributed by atoms with Crippen LogP contribution in [0.1, 0.15) is 0 Å². The molecule has 0 atom stereocenters. The molecule has 0 spiro atoms. The summed E-state index contributed by atoms with van der Waals surface area (Å²) in [7, 11) is 1.30. The molecule has 110 valence electrons. The van der Waals surface area contributed by atoms with E-state index in [0.29, 0.717) is 0 Å². The van der Waals surface area contributed by atoms with E-state index in [2.05, 4.69) is 15.9 Å². The van der Waals surface area contributed by atoms with Crippen LogP contribution in [0.15, 0.2) is 34.8 Å². The first-order valence-electron chi connectivity index (χ1n) is 5.57. The maximum absolute atomic E-state index is 13.4. The number of hydrogen-bond acceptors (Lipinski definition) is 4. The first-order chi connectivity index (χ1) is 9.92. The Morgan fingerprint density at radius 3 is 2.48 bits per heavy atom. The predicted octanol–water partition coefficient (Wildman–Crippen LogP) is 4.44. The highest BCUT2D eigenvalue weighted by Crippen LogP contribution is 2.38. The topological polar surface area (TPSA) is 61.6 Å². The number of halogens is 3. The summed E-state index contributed by atoms with van der Waals surface area (Å²) in [6.45, 7) is 0. The highest BCUT2D eigenvalue weighted by molar-refractivity contribution is 9.10. The van der Waals surface area contributed by atoms with Crippen LogP contribution in [0, 0.1) is 21.7 Å². The van der Waals surface area contributed by atoms with Gasteiger partial charge in [0.2, 0.25) is 5.75 Å². The molecule has 2 aromatic carbocycles. The molecule has 21 heavy (non-hydrogen) atoms. The largest absolute Gasteiger partial charge is 0.493 e. The Morgan fingerprint density at radius 2 is 1.86 bits per heavy atom. The molecule has 0 aromatic heterocycles. The van der Waals surface area contributed by atoms with Gasteiger partial charge >= 0.3 is 5.69 Å². The van der Waals surface area contributed by atoms with E-state index in [1.807, 2.05) is 0 Å². The van der Waals surface area contributed by atoms with Gasteiger partial charge in [-0.05, 0) is 28.1 Å². The van der Waals surface area contributed by atoms with Crippen LogP contribution in [-0.4, -0.2) is 12.0 Å². The zero-order valence-corrected chi connectivity index (χ0v) is 12.2. The number of ether oxygens (including phenoxy) is 2. The fraction of sp³-hybridized carbons (Fsp3) is 0.0769. The first kappa shape index (κ1) is 15.2. The lowest BCUT2D eigenvalue weighted by Crippen LogP contribution is -1.97. The van der Waals surface area contributed by atoms with Crippen LogP contribution in [0.25, 0.3) is 0 Å². The van der Waals surface area contributed by atoms with Crippen LogP contribution in [0.4, 0.5) is 14.5 Å². The summed E-state index contributed by atoms with van der Waals surface area (Å²) in [5.41, 5.74) is -0.554. The summed E-state index contributed by atoms with van der Waals surface area (Å²) >= 11 is 2.92. The van der Waals surface area contributed by atoms with Crippen molar-refractivity contribution in [1.29, 1.82) is 0 Å². The highest BCUT2D eigenvalue weighted by atomic mass is 79.9. The van der Waals surface area contributed by atoms with Gasteiger partial charge < -0.3 is 9.47 Å². The molecule has 0 radical (unpaired) electrons. The van der Waals surface area contributed by atoms with Gasteiger partial charge in [-0.3, -0.25) is 10.1 Å². The lowest BCUT2D eigenvalue weighted by atomic mass is 10.2. The van der Waals surface area contributed by atoms with Crippen LogP contribution < -0.4 is 9.47 Å². The van der Waals surface area contributed by atoms with Crippen LogP contribution in [0.3, 0.4) is 0 Å². The monoisotopic (exact) mass is 359 g/mol. The summed E-state index contributed by atoms with van der Waals surface area (Å²) in [6.07, 6.45) is 0. The molecule has 0 unspecified atom stereocenters. The molecule has 5 nitrogen and oxygen atoms in total. The third kappa shape index (κ3) is 3.27. The van der Waals surface area contributed by atoms with E-state index < -0.39 is 22.2 Å². The third-order valence-corrected chi connectivity index (χ3v) is 3.15. The Hall–Kier alpha value is -2.22. The standard InChI is InChI=1S/C13H8BrF2NO4/c1-20-13-4-7(15)2-3-11(13)21-12-5-8(14)9(16)6-10(12)17(18)19/h2-6H,1H3. The average molecular weight is 360 g/mol. The number of nitro groups is 1. The number of benzene rings is 2. The van der Waals surface area contributed by atoms with E-state index in [4.69, 9.17) is 9.47 Å². The highest BCUT2D eigenvalue weighted by Gasteiger charge is 2.21. The van der Waals surface area contributed by atoms with Crippen molar-refractivity contribution in [3.05, 3.63) is 56.6 Å². The maximum atomic E-state index is 13.4. The second-order valence-corrected chi connectivity index (χ2v) is 4.74. The molecule has 0 saturated carbocycles.